The predicted molar refractivity (Wildman–Crippen MR) is 132 cm³/mol. The van der Waals surface area contributed by atoms with E-state index in [-0.39, 0.29) is 25.2 Å². The molecule has 3 aromatic rings. The molecule has 11 heteroatoms. The van der Waals surface area contributed by atoms with E-state index in [0.29, 0.717) is 18.8 Å². The molecule has 198 valence electrons. The Labute approximate surface area is 212 Å². The number of halogens is 4. The molecule has 4 heterocycles. The van der Waals surface area contributed by atoms with E-state index in [1.165, 1.54) is 11.0 Å². The molecule has 2 amide bonds. The van der Waals surface area contributed by atoms with Crippen molar-refractivity contribution in [2.75, 3.05) is 49.6 Å². The zero-order chi connectivity index (χ0) is 26.3. The number of alkyl halides is 3. The SMILES string of the molecule is Cc1cn2cc(-c3cc(NC(=O)N4CCC(CC(F)(F)F)C4)c(F)cc3C)cc(N3CCOCC3)c2n1. The number of likely N-dealkylation sites (tertiary alicyclic amines) is 1. The molecule has 0 saturated carbocycles. The third-order valence-corrected chi connectivity index (χ3v) is 6.96. The van der Waals surface area contributed by atoms with Crippen LogP contribution in [0.15, 0.2) is 30.6 Å². The molecule has 0 bridgehead atoms. The minimum atomic E-state index is -4.27. The summed E-state index contributed by atoms with van der Waals surface area (Å²) in [5.41, 5.74) is 4.85. The first kappa shape index (κ1) is 25.3. The Morgan fingerprint density at radius 2 is 1.89 bits per heavy atom. The maximum absolute atomic E-state index is 14.9. The molecule has 2 aromatic heterocycles. The lowest BCUT2D eigenvalue weighted by molar-refractivity contribution is -0.143. The number of imidazole rings is 1. The highest BCUT2D eigenvalue weighted by atomic mass is 19.4. The number of benzene rings is 1. The number of rotatable bonds is 4. The van der Waals surface area contributed by atoms with Gasteiger partial charge in [0.15, 0.2) is 5.65 Å². The monoisotopic (exact) mass is 519 g/mol. The van der Waals surface area contributed by atoms with Crippen LogP contribution in [0.4, 0.5) is 33.7 Å². The lowest BCUT2D eigenvalue weighted by Crippen LogP contribution is -2.36. The topological polar surface area (TPSA) is 62.1 Å². The zero-order valence-corrected chi connectivity index (χ0v) is 20.7. The van der Waals surface area contributed by atoms with E-state index in [4.69, 9.17) is 4.74 Å². The molecule has 0 spiro atoms. The number of carbonyl (C=O) groups is 1. The second kappa shape index (κ2) is 9.85. The normalized spacial score (nSPS) is 18.6. The summed E-state index contributed by atoms with van der Waals surface area (Å²) in [6, 6.07) is 4.35. The number of nitrogens with zero attached hydrogens (tertiary/aromatic N) is 4. The average Bonchev–Trinajstić information content (AvgIpc) is 3.45. The minimum absolute atomic E-state index is 0.00869. The number of urea groups is 1. The van der Waals surface area contributed by atoms with E-state index in [1.54, 1.807) is 13.0 Å². The van der Waals surface area contributed by atoms with Crippen LogP contribution < -0.4 is 10.2 Å². The van der Waals surface area contributed by atoms with E-state index in [0.717, 1.165) is 41.2 Å². The van der Waals surface area contributed by atoms with Crippen LogP contribution in [-0.4, -0.2) is 65.9 Å². The number of fused-ring (bicyclic) bond motifs is 1. The third kappa shape index (κ3) is 5.51. The van der Waals surface area contributed by atoms with Gasteiger partial charge in [-0.1, -0.05) is 0 Å². The van der Waals surface area contributed by atoms with Crippen molar-refractivity contribution in [2.24, 2.45) is 5.92 Å². The molecule has 2 aliphatic heterocycles. The van der Waals surface area contributed by atoms with Crippen molar-refractivity contribution in [3.8, 4) is 11.1 Å². The Hall–Kier alpha value is -3.34. The number of carbonyl (C=O) groups excluding carboxylic acids is 1. The summed E-state index contributed by atoms with van der Waals surface area (Å²) in [6.45, 7) is 6.58. The Kier molecular flexibility index (Phi) is 6.74. The van der Waals surface area contributed by atoms with Gasteiger partial charge in [0, 0.05) is 50.6 Å². The van der Waals surface area contributed by atoms with E-state index < -0.39 is 30.4 Å². The Bertz CT molecular complexity index is 1320. The summed E-state index contributed by atoms with van der Waals surface area (Å²) < 4.78 is 60.6. The quantitative estimate of drug-likeness (QED) is 0.469. The first-order valence-corrected chi connectivity index (χ1v) is 12.3. The van der Waals surface area contributed by atoms with Crippen molar-refractivity contribution < 1.29 is 27.1 Å². The number of aromatic nitrogens is 2. The van der Waals surface area contributed by atoms with Gasteiger partial charge in [-0.3, -0.25) is 0 Å². The highest BCUT2D eigenvalue weighted by molar-refractivity contribution is 5.91. The lowest BCUT2D eigenvalue weighted by atomic mass is 10.00. The number of morpholine rings is 1. The first-order valence-electron chi connectivity index (χ1n) is 12.3. The third-order valence-electron chi connectivity index (χ3n) is 6.96. The highest BCUT2D eigenvalue weighted by Crippen LogP contribution is 2.35. The standard InChI is InChI=1S/C26H29F4N5O2/c1-16-9-21(27)22(32-25(36)34-4-3-18(14-34)12-26(28,29)30)11-20(16)19-10-23(33-5-7-37-8-6-33)24-31-17(2)13-35(24)15-19/h9-11,13,15,18H,3-8,12,14H2,1-2H3,(H,32,36). The second-order valence-corrected chi connectivity index (χ2v) is 9.82. The van der Waals surface area contributed by atoms with Crippen molar-refractivity contribution >= 4 is 23.1 Å². The van der Waals surface area contributed by atoms with Crippen LogP contribution in [0.25, 0.3) is 16.8 Å². The first-order chi connectivity index (χ1) is 17.6. The van der Waals surface area contributed by atoms with Gasteiger partial charge in [0.25, 0.3) is 0 Å². The molecule has 7 nitrogen and oxygen atoms in total. The number of amides is 2. The van der Waals surface area contributed by atoms with Gasteiger partial charge in [-0.2, -0.15) is 13.2 Å². The van der Waals surface area contributed by atoms with Crippen molar-refractivity contribution in [3.63, 3.8) is 0 Å². The molecular weight excluding hydrogens is 490 g/mol. The second-order valence-electron chi connectivity index (χ2n) is 9.82. The van der Waals surface area contributed by atoms with Gasteiger partial charge in [0.1, 0.15) is 5.82 Å². The van der Waals surface area contributed by atoms with Crippen LogP contribution in [0.5, 0.6) is 0 Å². The fourth-order valence-corrected chi connectivity index (χ4v) is 5.17. The summed E-state index contributed by atoms with van der Waals surface area (Å²) >= 11 is 0. The molecule has 2 aliphatic rings. The van der Waals surface area contributed by atoms with Gasteiger partial charge < -0.3 is 24.3 Å². The van der Waals surface area contributed by atoms with Crippen LogP contribution in [0.2, 0.25) is 0 Å². The van der Waals surface area contributed by atoms with Crippen LogP contribution >= 0.6 is 0 Å². The van der Waals surface area contributed by atoms with Crippen molar-refractivity contribution in [3.05, 3.63) is 47.7 Å². The maximum atomic E-state index is 14.9. The molecule has 1 aromatic carbocycles. The molecule has 1 unspecified atom stereocenters. The van der Waals surface area contributed by atoms with Gasteiger partial charge in [0.05, 0.1) is 30.3 Å². The van der Waals surface area contributed by atoms with Gasteiger partial charge in [-0.05, 0) is 55.5 Å². The van der Waals surface area contributed by atoms with Crippen LogP contribution in [0.1, 0.15) is 24.1 Å². The van der Waals surface area contributed by atoms with Crippen LogP contribution in [0.3, 0.4) is 0 Å². The largest absolute Gasteiger partial charge is 0.389 e. The highest BCUT2D eigenvalue weighted by Gasteiger charge is 2.36. The van der Waals surface area contributed by atoms with Crippen molar-refractivity contribution in [2.45, 2.75) is 32.9 Å². The van der Waals surface area contributed by atoms with E-state index in [1.807, 2.05) is 29.8 Å². The number of ether oxygens (including phenoxy) is 1. The van der Waals surface area contributed by atoms with Crippen molar-refractivity contribution in [1.29, 1.82) is 0 Å². The van der Waals surface area contributed by atoms with E-state index >= 15 is 0 Å². The minimum Gasteiger partial charge on any atom is -0.378 e. The number of aryl methyl sites for hydroxylation is 2. The van der Waals surface area contributed by atoms with Crippen LogP contribution in [-0.2, 0) is 4.74 Å². The average molecular weight is 520 g/mol. The number of nitrogens with one attached hydrogen (secondary N) is 1. The number of hydrogen-bond donors (Lipinski definition) is 1. The molecular formula is C26H29F4N5O2. The van der Waals surface area contributed by atoms with Gasteiger partial charge >= 0.3 is 12.2 Å². The molecule has 2 saturated heterocycles. The van der Waals surface area contributed by atoms with E-state index in [2.05, 4.69) is 15.2 Å². The summed E-state index contributed by atoms with van der Waals surface area (Å²) in [5.74, 6) is -1.25. The van der Waals surface area contributed by atoms with Crippen LogP contribution in [0, 0.1) is 25.6 Å². The zero-order valence-electron chi connectivity index (χ0n) is 20.7. The molecule has 1 N–H and O–H groups in total. The fraction of sp³-hybridized carbons (Fsp3) is 0.462. The molecule has 37 heavy (non-hydrogen) atoms. The smallest absolute Gasteiger partial charge is 0.378 e. The Morgan fingerprint density at radius 3 is 2.62 bits per heavy atom. The lowest BCUT2D eigenvalue weighted by Gasteiger charge is -2.29. The summed E-state index contributed by atoms with van der Waals surface area (Å²) in [4.78, 5) is 21.0. The van der Waals surface area contributed by atoms with Gasteiger partial charge in [0.2, 0.25) is 0 Å². The Morgan fingerprint density at radius 1 is 1.14 bits per heavy atom. The summed E-state index contributed by atoms with van der Waals surface area (Å²) in [6.07, 6.45) is -1.09. The molecule has 5 rings (SSSR count). The Balaban J connectivity index is 1.43. The van der Waals surface area contributed by atoms with E-state index in [9.17, 15) is 22.4 Å². The maximum Gasteiger partial charge on any atom is 0.389 e. The molecule has 0 radical (unpaired) electrons. The van der Waals surface area contributed by atoms with Gasteiger partial charge in [-0.15, -0.1) is 0 Å². The molecule has 1 atom stereocenters. The number of pyridine rings is 1. The number of hydrogen-bond acceptors (Lipinski definition) is 4. The van der Waals surface area contributed by atoms with Crippen molar-refractivity contribution in [1.82, 2.24) is 14.3 Å². The number of anilines is 2. The summed E-state index contributed by atoms with van der Waals surface area (Å²) in [5, 5.41) is 2.58. The predicted octanol–water partition coefficient (Wildman–Crippen LogP) is 5.40. The molecule has 2 fully saturated rings. The summed E-state index contributed by atoms with van der Waals surface area (Å²) in [7, 11) is 0. The molecule has 0 aliphatic carbocycles. The van der Waals surface area contributed by atoms with Gasteiger partial charge in [-0.25, -0.2) is 14.2 Å². The fourth-order valence-electron chi connectivity index (χ4n) is 5.17.